The van der Waals surface area contributed by atoms with E-state index in [-0.39, 0.29) is 0 Å². The Hall–Kier alpha value is -0.120. The Labute approximate surface area is 126 Å². The molecule has 0 aromatic heterocycles. The van der Waals surface area contributed by atoms with Crippen LogP contribution >= 0.6 is 0 Å². The van der Waals surface area contributed by atoms with Crippen molar-refractivity contribution in [1.82, 2.24) is 15.1 Å². The first-order valence-electron chi connectivity index (χ1n) is 8.51. The maximum Gasteiger partial charge on any atom is 0.0254 e. The Morgan fingerprint density at radius 1 is 1.15 bits per heavy atom. The molecule has 3 heteroatoms. The Morgan fingerprint density at radius 3 is 2.35 bits per heavy atom. The molecule has 0 amide bonds. The summed E-state index contributed by atoms with van der Waals surface area (Å²) < 4.78 is 0. The van der Waals surface area contributed by atoms with Gasteiger partial charge in [-0.2, -0.15) is 0 Å². The third-order valence-corrected chi connectivity index (χ3v) is 5.90. The highest BCUT2D eigenvalue weighted by molar-refractivity contribution is 4.97. The van der Waals surface area contributed by atoms with E-state index < -0.39 is 0 Å². The van der Waals surface area contributed by atoms with Crippen molar-refractivity contribution in [3.8, 4) is 0 Å². The lowest BCUT2D eigenvalue weighted by atomic mass is 9.76. The predicted molar refractivity (Wildman–Crippen MR) is 87.0 cm³/mol. The summed E-state index contributed by atoms with van der Waals surface area (Å²) in [6.45, 7) is 9.74. The summed E-state index contributed by atoms with van der Waals surface area (Å²) in [4.78, 5) is 5.20. The molecule has 2 rings (SSSR count). The minimum Gasteiger partial charge on any atom is -0.315 e. The minimum atomic E-state index is 0.693. The molecule has 2 aliphatic rings. The molecular weight excluding hydrogens is 246 g/mol. The molecule has 1 saturated carbocycles. The Balaban J connectivity index is 2.04. The molecule has 2 fully saturated rings. The number of hydrogen-bond acceptors (Lipinski definition) is 3. The topological polar surface area (TPSA) is 18.5 Å². The summed E-state index contributed by atoms with van der Waals surface area (Å²) in [7, 11) is 6.62. The number of nitrogens with zero attached hydrogens (tertiary/aromatic N) is 2. The molecule has 0 radical (unpaired) electrons. The van der Waals surface area contributed by atoms with Crippen molar-refractivity contribution in [2.24, 2.45) is 17.8 Å². The number of rotatable bonds is 4. The Kier molecular flexibility index (Phi) is 5.49. The summed E-state index contributed by atoms with van der Waals surface area (Å²) in [5, 5.41) is 3.59. The molecular formula is C17H35N3. The van der Waals surface area contributed by atoms with Crippen molar-refractivity contribution in [1.29, 1.82) is 0 Å². The standard InChI is InChI=1S/C17H35N3/c1-12(2)14-7-8-15(18-4)16(9-14)20-10-13(3)17(11-20)19(5)6/h12-18H,7-11H2,1-6H3. The molecule has 1 N–H and O–H groups in total. The maximum absolute atomic E-state index is 3.59. The number of nitrogens with one attached hydrogen (secondary N) is 1. The molecule has 3 nitrogen and oxygen atoms in total. The van der Waals surface area contributed by atoms with E-state index in [0.717, 1.165) is 29.8 Å². The molecule has 5 atom stereocenters. The van der Waals surface area contributed by atoms with Crippen LogP contribution in [0.1, 0.15) is 40.0 Å². The summed E-state index contributed by atoms with van der Waals surface area (Å²) in [6.07, 6.45) is 4.14. The van der Waals surface area contributed by atoms with Gasteiger partial charge in [-0.15, -0.1) is 0 Å². The fraction of sp³-hybridized carbons (Fsp3) is 1.00. The second-order valence-corrected chi connectivity index (χ2v) is 7.74. The van der Waals surface area contributed by atoms with Gasteiger partial charge in [0.2, 0.25) is 0 Å². The first-order chi connectivity index (χ1) is 9.43. The molecule has 5 unspecified atom stereocenters. The van der Waals surface area contributed by atoms with Crippen molar-refractivity contribution in [3.63, 3.8) is 0 Å². The van der Waals surface area contributed by atoms with Gasteiger partial charge >= 0.3 is 0 Å². The van der Waals surface area contributed by atoms with Gasteiger partial charge in [0.15, 0.2) is 0 Å². The van der Waals surface area contributed by atoms with Crippen LogP contribution in [0.2, 0.25) is 0 Å². The zero-order valence-electron chi connectivity index (χ0n) is 14.4. The van der Waals surface area contributed by atoms with Gasteiger partial charge < -0.3 is 10.2 Å². The van der Waals surface area contributed by atoms with Crippen molar-refractivity contribution in [2.75, 3.05) is 34.2 Å². The van der Waals surface area contributed by atoms with Crippen LogP contribution in [0.5, 0.6) is 0 Å². The second kappa shape index (κ2) is 6.76. The summed E-state index contributed by atoms with van der Waals surface area (Å²) >= 11 is 0. The molecule has 1 heterocycles. The van der Waals surface area contributed by atoms with E-state index in [2.05, 4.69) is 57.0 Å². The van der Waals surface area contributed by atoms with Crippen LogP contribution in [0.3, 0.4) is 0 Å². The molecule has 118 valence electrons. The maximum atomic E-state index is 3.59. The van der Waals surface area contributed by atoms with E-state index in [4.69, 9.17) is 0 Å². The fourth-order valence-corrected chi connectivity index (χ4v) is 4.45. The Morgan fingerprint density at radius 2 is 1.85 bits per heavy atom. The summed E-state index contributed by atoms with van der Waals surface area (Å²) in [6, 6.07) is 2.17. The van der Waals surface area contributed by atoms with E-state index in [1.807, 2.05) is 0 Å². The highest BCUT2D eigenvalue weighted by atomic mass is 15.3. The van der Waals surface area contributed by atoms with E-state index in [0.29, 0.717) is 6.04 Å². The van der Waals surface area contributed by atoms with Crippen LogP contribution < -0.4 is 5.32 Å². The molecule has 0 spiro atoms. The average Bonchev–Trinajstić information content (AvgIpc) is 2.80. The van der Waals surface area contributed by atoms with Crippen LogP contribution in [0.4, 0.5) is 0 Å². The molecule has 0 bridgehead atoms. The summed E-state index contributed by atoms with van der Waals surface area (Å²) in [5.74, 6) is 2.54. The first-order valence-corrected chi connectivity index (χ1v) is 8.51. The van der Waals surface area contributed by atoms with Gasteiger partial charge in [-0.3, -0.25) is 4.90 Å². The largest absolute Gasteiger partial charge is 0.315 e. The van der Waals surface area contributed by atoms with E-state index in [1.165, 1.54) is 32.4 Å². The monoisotopic (exact) mass is 281 g/mol. The Bertz CT molecular complexity index is 303. The van der Waals surface area contributed by atoms with E-state index in [1.54, 1.807) is 0 Å². The predicted octanol–water partition coefficient (Wildman–Crippen LogP) is 2.28. The van der Waals surface area contributed by atoms with Crippen LogP contribution in [0.15, 0.2) is 0 Å². The second-order valence-electron chi connectivity index (χ2n) is 7.74. The van der Waals surface area contributed by atoms with Crippen LogP contribution in [0.25, 0.3) is 0 Å². The van der Waals surface area contributed by atoms with Crippen molar-refractivity contribution in [3.05, 3.63) is 0 Å². The fourth-order valence-electron chi connectivity index (χ4n) is 4.45. The first kappa shape index (κ1) is 16.3. The lowest BCUT2D eigenvalue weighted by molar-refractivity contribution is 0.0982. The number of likely N-dealkylation sites (tertiary alicyclic amines) is 1. The smallest absolute Gasteiger partial charge is 0.0254 e. The van der Waals surface area contributed by atoms with Crippen LogP contribution in [-0.4, -0.2) is 62.2 Å². The van der Waals surface area contributed by atoms with Gasteiger partial charge in [-0.05, 0) is 58.2 Å². The lowest BCUT2D eigenvalue weighted by Crippen LogP contribution is -2.52. The quantitative estimate of drug-likeness (QED) is 0.853. The minimum absolute atomic E-state index is 0.693. The molecule has 1 saturated heterocycles. The van der Waals surface area contributed by atoms with Gasteiger partial charge in [-0.25, -0.2) is 0 Å². The van der Waals surface area contributed by atoms with Gasteiger partial charge in [0.25, 0.3) is 0 Å². The van der Waals surface area contributed by atoms with Crippen LogP contribution in [-0.2, 0) is 0 Å². The average molecular weight is 281 g/mol. The number of hydrogen-bond donors (Lipinski definition) is 1. The highest BCUT2D eigenvalue weighted by Crippen LogP contribution is 2.35. The number of likely N-dealkylation sites (N-methyl/N-ethyl adjacent to an activating group) is 2. The van der Waals surface area contributed by atoms with Gasteiger partial charge in [0.05, 0.1) is 0 Å². The SMILES string of the molecule is CNC1CCC(C(C)C)CC1N1CC(C)C(N(C)C)C1. The van der Waals surface area contributed by atoms with Crippen LogP contribution in [0, 0.1) is 17.8 Å². The van der Waals surface area contributed by atoms with Gasteiger partial charge in [0.1, 0.15) is 0 Å². The third kappa shape index (κ3) is 3.37. The van der Waals surface area contributed by atoms with E-state index >= 15 is 0 Å². The normalized spacial score (nSPS) is 39.9. The zero-order chi connectivity index (χ0) is 14.9. The molecule has 0 aromatic carbocycles. The lowest BCUT2D eigenvalue weighted by Gasteiger charge is -2.42. The molecule has 1 aliphatic carbocycles. The molecule has 0 aromatic rings. The van der Waals surface area contributed by atoms with Gasteiger partial charge in [-0.1, -0.05) is 20.8 Å². The molecule has 20 heavy (non-hydrogen) atoms. The third-order valence-electron chi connectivity index (χ3n) is 5.90. The molecule has 1 aliphatic heterocycles. The van der Waals surface area contributed by atoms with E-state index in [9.17, 15) is 0 Å². The zero-order valence-corrected chi connectivity index (χ0v) is 14.4. The van der Waals surface area contributed by atoms with Crippen molar-refractivity contribution in [2.45, 2.75) is 58.2 Å². The summed E-state index contributed by atoms with van der Waals surface area (Å²) in [5.41, 5.74) is 0. The van der Waals surface area contributed by atoms with Crippen molar-refractivity contribution < 1.29 is 0 Å². The highest BCUT2D eigenvalue weighted by Gasteiger charge is 2.40. The van der Waals surface area contributed by atoms with Crippen molar-refractivity contribution >= 4 is 0 Å². The van der Waals surface area contributed by atoms with Gasteiger partial charge in [0, 0.05) is 31.2 Å².